The van der Waals surface area contributed by atoms with Crippen LogP contribution >= 0.6 is 0 Å². The maximum absolute atomic E-state index is 14.2. The van der Waals surface area contributed by atoms with Crippen LogP contribution in [0.15, 0.2) is 60.7 Å². The van der Waals surface area contributed by atoms with E-state index in [0.717, 1.165) is 13.1 Å². The zero-order chi connectivity index (χ0) is 22.0. The summed E-state index contributed by atoms with van der Waals surface area (Å²) in [4.78, 5) is 13.9. The Morgan fingerprint density at radius 2 is 1.74 bits per heavy atom. The number of carbonyl (C=O) groups is 1. The fourth-order valence-electron chi connectivity index (χ4n) is 4.42. The van der Waals surface area contributed by atoms with Gasteiger partial charge in [0.05, 0.1) is 0 Å². The maximum atomic E-state index is 14.2. The molecule has 3 aromatic carbocycles. The minimum absolute atomic E-state index is 0.118. The number of hydrogen-bond donors (Lipinski definition) is 0. The van der Waals surface area contributed by atoms with Crippen LogP contribution in [0.25, 0.3) is 0 Å². The zero-order valence-electron chi connectivity index (χ0n) is 18.3. The van der Waals surface area contributed by atoms with Gasteiger partial charge in [-0.2, -0.15) is 0 Å². The largest absolute Gasteiger partial charge is 0.454 e. The second-order valence-corrected chi connectivity index (χ2v) is 8.50. The van der Waals surface area contributed by atoms with Crippen LogP contribution in [0.4, 0.5) is 4.39 Å². The van der Waals surface area contributed by atoms with Gasteiger partial charge in [0, 0.05) is 18.2 Å². The van der Waals surface area contributed by atoms with Crippen molar-refractivity contribution in [2.24, 2.45) is 0 Å². The summed E-state index contributed by atoms with van der Waals surface area (Å²) in [6.07, 6.45) is 2.38. The fourth-order valence-corrected chi connectivity index (χ4v) is 4.42. The van der Waals surface area contributed by atoms with Crippen molar-refractivity contribution in [2.75, 3.05) is 6.54 Å². The highest BCUT2D eigenvalue weighted by atomic mass is 19.1. The van der Waals surface area contributed by atoms with Crippen molar-refractivity contribution in [1.82, 2.24) is 4.90 Å². The summed E-state index contributed by atoms with van der Waals surface area (Å²) >= 11 is 0. The third-order valence-electron chi connectivity index (χ3n) is 5.87. The van der Waals surface area contributed by atoms with Crippen molar-refractivity contribution < 1.29 is 13.9 Å². The van der Waals surface area contributed by atoms with Crippen molar-refractivity contribution in [1.29, 1.82) is 0 Å². The zero-order valence-corrected chi connectivity index (χ0v) is 18.3. The molecule has 160 valence electrons. The van der Waals surface area contributed by atoms with E-state index in [9.17, 15) is 9.18 Å². The van der Waals surface area contributed by atoms with E-state index in [1.807, 2.05) is 24.3 Å². The smallest absolute Gasteiger partial charge is 0.166 e. The first kappa shape index (κ1) is 21.3. The number of Topliss-reactive ketones (excluding diaryl/α,β-unsaturated/α-hetero) is 1. The van der Waals surface area contributed by atoms with Gasteiger partial charge in [0.15, 0.2) is 17.3 Å². The number of nitrogens with zero attached hydrogens (tertiary/aromatic N) is 1. The Balaban J connectivity index is 1.44. The van der Waals surface area contributed by atoms with Gasteiger partial charge < -0.3 is 4.74 Å². The number of benzene rings is 3. The topological polar surface area (TPSA) is 29.5 Å². The molecule has 1 saturated heterocycles. The van der Waals surface area contributed by atoms with Gasteiger partial charge in [-0.15, -0.1) is 0 Å². The van der Waals surface area contributed by atoms with E-state index < -0.39 is 5.82 Å². The lowest BCUT2D eigenvalue weighted by Gasteiger charge is -2.25. The number of ether oxygens (including phenoxy) is 1. The number of halogens is 1. The summed E-state index contributed by atoms with van der Waals surface area (Å²) in [5, 5.41) is 0. The van der Waals surface area contributed by atoms with Crippen molar-refractivity contribution in [3.05, 3.63) is 94.3 Å². The summed E-state index contributed by atoms with van der Waals surface area (Å²) < 4.78 is 19.9. The predicted molar refractivity (Wildman–Crippen MR) is 121 cm³/mol. The van der Waals surface area contributed by atoms with Crippen molar-refractivity contribution >= 4 is 5.78 Å². The van der Waals surface area contributed by atoms with Gasteiger partial charge in [0.25, 0.3) is 0 Å². The number of rotatable bonds is 6. The summed E-state index contributed by atoms with van der Waals surface area (Å²) in [6, 6.07) is 19.4. The van der Waals surface area contributed by atoms with Crippen molar-refractivity contribution in [3.63, 3.8) is 0 Å². The average Bonchev–Trinajstić information content (AvgIpc) is 3.18. The molecule has 1 aliphatic rings. The Bertz CT molecular complexity index is 1070. The van der Waals surface area contributed by atoms with Crippen LogP contribution in [-0.4, -0.2) is 17.2 Å². The Kier molecular flexibility index (Phi) is 6.19. The minimum atomic E-state index is -0.537. The van der Waals surface area contributed by atoms with Gasteiger partial charge in [-0.25, -0.2) is 4.39 Å². The minimum Gasteiger partial charge on any atom is -0.454 e. The molecule has 0 aromatic heterocycles. The predicted octanol–water partition coefficient (Wildman–Crippen LogP) is 6.77. The number of likely N-dealkylation sites (tertiary alicyclic amines) is 1. The maximum Gasteiger partial charge on any atom is 0.166 e. The Morgan fingerprint density at radius 1 is 1.03 bits per heavy atom. The second-order valence-electron chi connectivity index (χ2n) is 8.50. The van der Waals surface area contributed by atoms with Gasteiger partial charge in [0.2, 0.25) is 0 Å². The molecule has 0 amide bonds. The normalized spacial score (nSPS) is 16.5. The molecule has 0 aliphatic carbocycles. The van der Waals surface area contributed by atoms with E-state index in [4.69, 9.17) is 4.74 Å². The highest BCUT2D eigenvalue weighted by Gasteiger charge is 2.26. The molecule has 1 aliphatic heterocycles. The van der Waals surface area contributed by atoms with Crippen LogP contribution in [-0.2, 0) is 6.54 Å². The molecule has 1 atom stereocenters. The Morgan fingerprint density at radius 3 is 2.39 bits per heavy atom. The summed E-state index contributed by atoms with van der Waals surface area (Å²) in [6.45, 7) is 7.69. The first-order valence-electron chi connectivity index (χ1n) is 10.8. The molecule has 3 aromatic rings. The molecule has 0 unspecified atom stereocenters. The van der Waals surface area contributed by atoms with Crippen molar-refractivity contribution in [3.8, 4) is 11.5 Å². The molecule has 0 N–H and O–H groups in total. The molecule has 0 bridgehead atoms. The molecule has 4 heteroatoms. The van der Waals surface area contributed by atoms with E-state index in [1.165, 1.54) is 54.2 Å². The van der Waals surface area contributed by atoms with Gasteiger partial charge >= 0.3 is 0 Å². The third kappa shape index (κ3) is 5.02. The number of ketones is 1. The van der Waals surface area contributed by atoms with Gasteiger partial charge in [-0.3, -0.25) is 9.69 Å². The molecule has 3 nitrogen and oxygen atoms in total. The Hall–Kier alpha value is -2.98. The van der Waals surface area contributed by atoms with E-state index in [1.54, 1.807) is 6.07 Å². The summed E-state index contributed by atoms with van der Waals surface area (Å²) in [7, 11) is 0. The number of aryl methyl sites for hydroxylation is 2. The van der Waals surface area contributed by atoms with E-state index in [0.29, 0.717) is 17.4 Å². The van der Waals surface area contributed by atoms with Gasteiger partial charge in [-0.05, 0) is 81.6 Å². The molecule has 1 fully saturated rings. The highest BCUT2D eigenvalue weighted by molar-refractivity contribution is 5.94. The van der Waals surface area contributed by atoms with Crippen LogP contribution in [0.5, 0.6) is 11.5 Å². The van der Waals surface area contributed by atoms with E-state index in [-0.39, 0.29) is 11.5 Å². The molecular weight excluding hydrogens is 389 g/mol. The molecule has 1 heterocycles. The van der Waals surface area contributed by atoms with Crippen LogP contribution in [0.2, 0.25) is 0 Å². The molecule has 0 saturated carbocycles. The molecular formula is C27H28FNO2. The highest BCUT2D eigenvalue weighted by Crippen LogP contribution is 2.34. The molecule has 31 heavy (non-hydrogen) atoms. The molecule has 4 rings (SSSR count). The SMILES string of the molecule is CC(=O)c1ccc(Oc2ccc(CN3CCC[C@@H]3c3cc(C)cc(C)c3)cc2)c(F)c1. The number of hydrogen-bond acceptors (Lipinski definition) is 3. The summed E-state index contributed by atoms with van der Waals surface area (Å²) in [5.74, 6) is -0.0151. The van der Waals surface area contributed by atoms with Crippen molar-refractivity contribution in [2.45, 2.75) is 46.2 Å². The van der Waals surface area contributed by atoms with Gasteiger partial charge in [0.1, 0.15) is 5.75 Å². The first-order chi connectivity index (χ1) is 14.9. The van der Waals surface area contributed by atoms with E-state index in [2.05, 4.69) is 36.9 Å². The number of carbonyl (C=O) groups excluding carboxylic acids is 1. The standard InChI is InChI=1S/C27H28FNO2/c1-18-13-19(2)15-23(14-18)26-5-4-12-29(26)17-21-6-9-24(10-7-21)31-27-11-8-22(20(3)30)16-25(27)28/h6-11,13-16,26H,4-5,12,17H2,1-3H3/t26-/m1/s1. The van der Waals surface area contributed by atoms with Crippen LogP contribution in [0.3, 0.4) is 0 Å². The molecule has 0 spiro atoms. The lowest BCUT2D eigenvalue weighted by molar-refractivity contribution is 0.101. The van der Waals surface area contributed by atoms with Crippen LogP contribution in [0.1, 0.15) is 58.4 Å². The average molecular weight is 418 g/mol. The lowest BCUT2D eigenvalue weighted by Crippen LogP contribution is -2.22. The lowest BCUT2D eigenvalue weighted by atomic mass is 9.99. The Labute approximate surface area is 183 Å². The third-order valence-corrected chi connectivity index (χ3v) is 5.87. The quantitative estimate of drug-likeness (QED) is 0.414. The monoisotopic (exact) mass is 417 g/mol. The first-order valence-corrected chi connectivity index (χ1v) is 10.8. The second kappa shape index (κ2) is 9.03. The fraction of sp³-hybridized carbons (Fsp3) is 0.296. The van der Waals surface area contributed by atoms with Gasteiger partial charge in [-0.1, -0.05) is 41.5 Å². The molecule has 0 radical (unpaired) electrons. The van der Waals surface area contributed by atoms with Crippen LogP contribution < -0.4 is 4.74 Å². The van der Waals surface area contributed by atoms with Crippen LogP contribution in [0, 0.1) is 19.7 Å². The van der Waals surface area contributed by atoms with E-state index >= 15 is 0 Å². The summed E-state index contributed by atoms with van der Waals surface area (Å²) in [5.41, 5.74) is 5.57.